The van der Waals surface area contributed by atoms with Crippen LogP contribution in [0.4, 0.5) is 5.82 Å². The Kier molecular flexibility index (Phi) is 4.09. The summed E-state index contributed by atoms with van der Waals surface area (Å²) in [6.07, 6.45) is 6.49. The van der Waals surface area contributed by atoms with E-state index in [9.17, 15) is 4.79 Å². The predicted molar refractivity (Wildman–Crippen MR) is 95.6 cm³/mol. The summed E-state index contributed by atoms with van der Waals surface area (Å²) in [6.45, 7) is 1.74. The van der Waals surface area contributed by atoms with E-state index in [1.54, 1.807) is 12.4 Å². The first kappa shape index (κ1) is 15.6. The molecule has 1 saturated heterocycles. The zero-order chi connectivity index (χ0) is 17.2. The minimum Gasteiger partial charge on any atom is -0.472 e. The van der Waals surface area contributed by atoms with Gasteiger partial charge in [-0.1, -0.05) is 12.1 Å². The number of amides is 1. The minimum absolute atomic E-state index is 0.0136. The molecule has 25 heavy (non-hydrogen) atoms. The van der Waals surface area contributed by atoms with Gasteiger partial charge in [0, 0.05) is 31.6 Å². The second-order valence-corrected chi connectivity index (χ2v) is 6.36. The van der Waals surface area contributed by atoms with Gasteiger partial charge in [0.25, 0.3) is 5.91 Å². The molecule has 1 aliphatic heterocycles. The number of furan rings is 1. The lowest BCUT2D eigenvalue weighted by atomic mass is 10.0. The zero-order valence-corrected chi connectivity index (χ0v) is 14.1. The third-order valence-electron chi connectivity index (χ3n) is 4.92. The summed E-state index contributed by atoms with van der Waals surface area (Å²) in [5.41, 5.74) is 1.56. The fourth-order valence-corrected chi connectivity index (χ4v) is 3.46. The Balaban J connectivity index is 1.47. The van der Waals surface area contributed by atoms with E-state index in [2.05, 4.69) is 20.9 Å². The van der Waals surface area contributed by atoms with Gasteiger partial charge < -0.3 is 14.2 Å². The molecule has 0 radical (unpaired) electrons. The average molecular weight is 336 g/mol. The van der Waals surface area contributed by atoms with Crippen LogP contribution in [0.2, 0.25) is 0 Å². The van der Waals surface area contributed by atoms with Crippen molar-refractivity contribution in [2.45, 2.75) is 18.9 Å². The Bertz CT molecular complexity index is 865. The van der Waals surface area contributed by atoms with Crippen molar-refractivity contribution in [1.29, 1.82) is 0 Å². The molecule has 0 saturated carbocycles. The number of nitrogens with zero attached hydrogens (tertiary/aromatic N) is 4. The number of anilines is 1. The fraction of sp³-hybridized carbons (Fsp3) is 0.316. The molecule has 3 aromatic rings. The van der Waals surface area contributed by atoms with Crippen LogP contribution in [0.15, 0.2) is 53.6 Å². The zero-order valence-electron chi connectivity index (χ0n) is 14.1. The van der Waals surface area contributed by atoms with Gasteiger partial charge in [-0.05, 0) is 31.0 Å². The van der Waals surface area contributed by atoms with Gasteiger partial charge in [-0.25, -0.2) is 9.97 Å². The largest absolute Gasteiger partial charge is 0.472 e. The number of rotatable bonds is 3. The number of hydrogen-bond acceptors (Lipinski definition) is 5. The van der Waals surface area contributed by atoms with Crippen molar-refractivity contribution < 1.29 is 9.21 Å². The lowest BCUT2D eigenvalue weighted by molar-refractivity contribution is 0.0708. The first-order valence-corrected chi connectivity index (χ1v) is 8.48. The number of carbonyl (C=O) groups excluding carboxylic acids is 1. The van der Waals surface area contributed by atoms with Gasteiger partial charge in [0.15, 0.2) is 0 Å². The molecule has 0 N–H and O–H groups in total. The minimum atomic E-state index is 0.0136. The molecule has 0 unspecified atom stereocenters. The Labute approximate surface area is 146 Å². The lowest BCUT2D eigenvalue weighted by Gasteiger charge is -2.37. The number of carbonyl (C=O) groups is 1. The van der Waals surface area contributed by atoms with Gasteiger partial charge in [-0.2, -0.15) is 0 Å². The van der Waals surface area contributed by atoms with Gasteiger partial charge in [0.05, 0.1) is 17.3 Å². The molecule has 2 aromatic heterocycles. The van der Waals surface area contributed by atoms with Gasteiger partial charge in [-0.15, -0.1) is 0 Å². The van der Waals surface area contributed by atoms with Crippen molar-refractivity contribution in [3.63, 3.8) is 0 Å². The van der Waals surface area contributed by atoms with Crippen molar-refractivity contribution in [1.82, 2.24) is 14.9 Å². The fourth-order valence-electron chi connectivity index (χ4n) is 3.46. The summed E-state index contributed by atoms with van der Waals surface area (Å²) < 4.78 is 5.02. The van der Waals surface area contributed by atoms with Gasteiger partial charge in [0.2, 0.25) is 0 Å². The molecular weight excluding hydrogens is 316 g/mol. The summed E-state index contributed by atoms with van der Waals surface area (Å²) in [7, 11) is 1.87. The summed E-state index contributed by atoms with van der Waals surface area (Å²) in [5, 5.41) is 1.08. The predicted octanol–water partition coefficient (Wildman–Crippen LogP) is 2.96. The normalized spacial score (nSPS) is 15.5. The Hall–Kier alpha value is -2.89. The van der Waals surface area contributed by atoms with Crippen molar-refractivity contribution in [3.05, 3.63) is 54.7 Å². The van der Waals surface area contributed by atoms with Crippen LogP contribution in [0.25, 0.3) is 10.9 Å². The topological polar surface area (TPSA) is 62.5 Å². The highest BCUT2D eigenvalue weighted by molar-refractivity contribution is 5.94. The third kappa shape index (κ3) is 2.95. The quantitative estimate of drug-likeness (QED) is 0.736. The van der Waals surface area contributed by atoms with Crippen LogP contribution in [0.5, 0.6) is 0 Å². The molecule has 0 spiro atoms. The van der Waals surface area contributed by atoms with E-state index in [-0.39, 0.29) is 11.9 Å². The molecule has 6 heteroatoms. The van der Waals surface area contributed by atoms with E-state index in [0.717, 1.165) is 42.7 Å². The van der Waals surface area contributed by atoms with E-state index < -0.39 is 0 Å². The number of hydrogen-bond donors (Lipinski definition) is 0. The Morgan fingerprint density at radius 1 is 1.20 bits per heavy atom. The standard InChI is InChI=1S/C19H20N4O2/c1-22(19(24)14-8-11-25-12-14)15-6-9-23(10-7-15)18-16-4-2-3-5-17(16)20-13-21-18/h2-5,8,11-13,15H,6-7,9-10H2,1H3. The van der Waals surface area contributed by atoms with Gasteiger partial charge >= 0.3 is 0 Å². The van der Waals surface area contributed by atoms with Crippen molar-refractivity contribution >= 4 is 22.6 Å². The van der Waals surface area contributed by atoms with Crippen molar-refractivity contribution in [2.24, 2.45) is 0 Å². The molecule has 6 nitrogen and oxygen atoms in total. The summed E-state index contributed by atoms with van der Waals surface area (Å²) >= 11 is 0. The molecule has 0 aliphatic carbocycles. The van der Waals surface area contributed by atoms with Crippen molar-refractivity contribution in [2.75, 3.05) is 25.0 Å². The maximum absolute atomic E-state index is 12.5. The smallest absolute Gasteiger partial charge is 0.257 e. The molecule has 1 amide bonds. The highest BCUT2D eigenvalue weighted by Gasteiger charge is 2.27. The number of aromatic nitrogens is 2. The second kappa shape index (κ2) is 6.55. The molecule has 4 rings (SSSR count). The number of para-hydroxylation sites is 1. The van der Waals surface area contributed by atoms with Crippen molar-refractivity contribution in [3.8, 4) is 0 Å². The van der Waals surface area contributed by atoms with Crippen LogP contribution in [0.3, 0.4) is 0 Å². The van der Waals surface area contributed by atoms with E-state index in [0.29, 0.717) is 5.56 Å². The lowest BCUT2D eigenvalue weighted by Crippen LogP contribution is -2.45. The first-order valence-electron chi connectivity index (χ1n) is 8.48. The molecular formula is C19H20N4O2. The average Bonchev–Trinajstić information content (AvgIpc) is 3.21. The van der Waals surface area contributed by atoms with Crippen LogP contribution in [0.1, 0.15) is 23.2 Å². The number of fused-ring (bicyclic) bond motifs is 1. The molecule has 3 heterocycles. The number of benzene rings is 1. The molecule has 0 bridgehead atoms. The monoisotopic (exact) mass is 336 g/mol. The maximum atomic E-state index is 12.5. The summed E-state index contributed by atoms with van der Waals surface area (Å²) in [4.78, 5) is 25.4. The van der Waals surface area contributed by atoms with Crippen LogP contribution in [0, 0.1) is 0 Å². The maximum Gasteiger partial charge on any atom is 0.257 e. The third-order valence-corrected chi connectivity index (χ3v) is 4.92. The van der Waals surface area contributed by atoms with E-state index in [1.165, 1.54) is 12.5 Å². The van der Waals surface area contributed by atoms with E-state index in [1.807, 2.05) is 30.1 Å². The van der Waals surface area contributed by atoms with Gasteiger partial charge in [-0.3, -0.25) is 4.79 Å². The molecule has 1 fully saturated rings. The molecule has 1 aromatic carbocycles. The van der Waals surface area contributed by atoms with Gasteiger partial charge in [0.1, 0.15) is 18.4 Å². The van der Waals surface area contributed by atoms with Crippen LogP contribution < -0.4 is 4.90 Å². The first-order chi connectivity index (χ1) is 12.2. The Morgan fingerprint density at radius 2 is 2.00 bits per heavy atom. The highest BCUT2D eigenvalue weighted by Crippen LogP contribution is 2.26. The van der Waals surface area contributed by atoms with E-state index >= 15 is 0 Å². The molecule has 1 aliphatic rings. The van der Waals surface area contributed by atoms with E-state index in [4.69, 9.17) is 4.42 Å². The molecule has 128 valence electrons. The SMILES string of the molecule is CN(C(=O)c1ccoc1)C1CCN(c2ncnc3ccccc23)CC1. The Morgan fingerprint density at radius 3 is 2.76 bits per heavy atom. The van der Waals surface area contributed by atoms with Crippen LogP contribution in [-0.4, -0.2) is 47.0 Å². The highest BCUT2D eigenvalue weighted by atomic mass is 16.3. The number of piperidine rings is 1. The van der Waals surface area contributed by atoms with Crippen LogP contribution >= 0.6 is 0 Å². The summed E-state index contributed by atoms with van der Waals surface area (Å²) in [5.74, 6) is 0.993. The van der Waals surface area contributed by atoms with Crippen LogP contribution in [-0.2, 0) is 0 Å². The summed E-state index contributed by atoms with van der Waals surface area (Å²) in [6, 6.07) is 10.0. The second-order valence-electron chi connectivity index (χ2n) is 6.36. The molecule has 0 atom stereocenters.